The summed E-state index contributed by atoms with van der Waals surface area (Å²) in [4.78, 5) is 8.30. The van der Waals surface area contributed by atoms with E-state index in [2.05, 4.69) is 15.2 Å². The molecule has 26 heavy (non-hydrogen) atoms. The van der Waals surface area contributed by atoms with Gasteiger partial charge in [-0.1, -0.05) is 0 Å². The summed E-state index contributed by atoms with van der Waals surface area (Å²) in [5, 5.41) is 3.46. The minimum absolute atomic E-state index is 0.184. The molecule has 0 radical (unpaired) electrons. The van der Waals surface area contributed by atoms with Crippen LogP contribution in [0.4, 0.5) is 24.7 Å². The first-order valence-electron chi connectivity index (χ1n) is 9.19. The van der Waals surface area contributed by atoms with E-state index >= 15 is 0 Å². The van der Waals surface area contributed by atoms with Crippen LogP contribution in [0.3, 0.4) is 0 Å². The summed E-state index contributed by atoms with van der Waals surface area (Å²) in [7, 11) is 0. The lowest BCUT2D eigenvalue weighted by Gasteiger charge is -2.45. The molecule has 2 unspecified atom stereocenters. The number of hydrogen-bond donors (Lipinski definition) is 2. The molecular formula is C18H28F3N5. The van der Waals surface area contributed by atoms with Crippen molar-refractivity contribution in [3.05, 3.63) is 17.8 Å². The molecule has 2 fully saturated rings. The fourth-order valence-corrected chi connectivity index (χ4v) is 3.94. The number of rotatable bonds is 4. The Kier molecular flexibility index (Phi) is 5.35. The van der Waals surface area contributed by atoms with E-state index in [-0.39, 0.29) is 18.1 Å². The average Bonchev–Trinajstić information content (AvgIpc) is 2.50. The molecule has 2 aliphatic rings. The summed E-state index contributed by atoms with van der Waals surface area (Å²) in [6.45, 7) is 5.86. The molecule has 2 heterocycles. The zero-order chi connectivity index (χ0) is 19.1. The van der Waals surface area contributed by atoms with E-state index in [1.165, 1.54) is 4.90 Å². The molecule has 0 bridgehead atoms. The number of nitrogens with two attached hydrogens (primary N) is 1. The van der Waals surface area contributed by atoms with E-state index in [1.54, 1.807) is 0 Å². The Labute approximate surface area is 152 Å². The van der Waals surface area contributed by atoms with Crippen molar-refractivity contribution < 1.29 is 13.2 Å². The first-order chi connectivity index (χ1) is 12.1. The van der Waals surface area contributed by atoms with Crippen LogP contribution in [0, 0.1) is 6.92 Å². The number of piperazine rings is 1. The zero-order valence-electron chi connectivity index (χ0n) is 15.6. The lowest BCUT2D eigenvalue weighted by Crippen LogP contribution is -2.59. The van der Waals surface area contributed by atoms with Crippen LogP contribution < -0.4 is 16.0 Å². The molecule has 1 aromatic rings. The smallest absolute Gasteiger partial charge is 0.381 e. The number of anilines is 2. The van der Waals surface area contributed by atoms with Gasteiger partial charge in [-0.2, -0.15) is 13.2 Å². The van der Waals surface area contributed by atoms with E-state index in [4.69, 9.17) is 5.73 Å². The molecule has 3 N–H and O–H groups in total. The minimum Gasteiger partial charge on any atom is -0.381 e. The topological polar surface area (TPSA) is 57.4 Å². The van der Waals surface area contributed by atoms with Gasteiger partial charge < -0.3 is 16.0 Å². The van der Waals surface area contributed by atoms with Crippen molar-refractivity contribution in [2.24, 2.45) is 5.73 Å². The van der Waals surface area contributed by atoms with E-state index in [0.717, 1.165) is 30.0 Å². The fourth-order valence-electron chi connectivity index (χ4n) is 3.94. The third-order valence-corrected chi connectivity index (χ3v) is 5.39. The highest BCUT2D eigenvalue weighted by Crippen LogP contribution is 2.28. The quantitative estimate of drug-likeness (QED) is 0.852. The molecular weight excluding hydrogens is 343 g/mol. The van der Waals surface area contributed by atoms with E-state index in [1.807, 2.05) is 32.9 Å². The van der Waals surface area contributed by atoms with Crippen LogP contribution in [0.2, 0.25) is 0 Å². The third kappa shape index (κ3) is 4.40. The average molecular weight is 371 g/mol. The van der Waals surface area contributed by atoms with Crippen molar-refractivity contribution in [3.8, 4) is 0 Å². The summed E-state index contributed by atoms with van der Waals surface area (Å²) in [6.07, 6.45) is -2.23. The van der Waals surface area contributed by atoms with E-state index < -0.39 is 12.7 Å². The van der Waals surface area contributed by atoms with E-state index in [9.17, 15) is 13.2 Å². The molecule has 3 rings (SSSR count). The molecule has 146 valence electrons. The number of aryl methyl sites for hydroxylation is 1. The molecule has 1 saturated carbocycles. The third-order valence-electron chi connectivity index (χ3n) is 5.39. The van der Waals surface area contributed by atoms with Crippen LogP contribution in [0.5, 0.6) is 0 Å². The normalized spacial score (nSPS) is 30.2. The van der Waals surface area contributed by atoms with Gasteiger partial charge in [0, 0.05) is 37.3 Å². The molecule has 0 aromatic carbocycles. The number of nitrogens with zero attached hydrogens (tertiary/aromatic N) is 3. The van der Waals surface area contributed by atoms with Gasteiger partial charge in [0.25, 0.3) is 0 Å². The SMILES string of the molecule is Cc1nc(N2CC(C)N(CC(F)(F)F)C(C)C2)ccc1NC1CC(N)C1. The molecule has 1 saturated heterocycles. The summed E-state index contributed by atoms with van der Waals surface area (Å²) >= 11 is 0. The van der Waals surface area contributed by atoms with Gasteiger partial charge >= 0.3 is 6.18 Å². The first-order valence-corrected chi connectivity index (χ1v) is 9.19. The Morgan fingerprint density at radius 1 is 1.19 bits per heavy atom. The van der Waals surface area contributed by atoms with Crippen molar-refractivity contribution >= 4 is 11.5 Å². The Morgan fingerprint density at radius 3 is 2.31 bits per heavy atom. The molecule has 0 spiro atoms. The standard InChI is InChI=1S/C18H28F3N5/c1-11-8-25(9-12(2)26(11)10-18(19,20)21)17-5-4-16(13(3)23-17)24-15-6-14(22)7-15/h4-5,11-12,14-15,24H,6-10,22H2,1-3H3. The summed E-state index contributed by atoms with van der Waals surface area (Å²) in [6, 6.07) is 4.29. The van der Waals surface area contributed by atoms with Gasteiger partial charge in [0.05, 0.1) is 17.9 Å². The van der Waals surface area contributed by atoms with Crippen molar-refractivity contribution in [1.82, 2.24) is 9.88 Å². The van der Waals surface area contributed by atoms with Gasteiger partial charge in [0.2, 0.25) is 0 Å². The van der Waals surface area contributed by atoms with Crippen LogP contribution in [0.15, 0.2) is 12.1 Å². The van der Waals surface area contributed by atoms with E-state index in [0.29, 0.717) is 19.1 Å². The summed E-state index contributed by atoms with van der Waals surface area (Å²) in [5.74, 6) is 0.823. The maximum atomic E-state index is 12.8. The molecule has 1 aliphatic heterocycles. The largest absolute Gasteiger partial charge is 0.401 e. The van der Waals surface area contributed by atoms with Crippen LogP contribution in [0.25, 0.3) is 0 Å². The van der Waals surface area contributed by atoms with Gasteiger partial charge in [-0.3, -0.25) is 4.90 Å². The second-order valence-corrected chi connectivity index (χ2v) is 7.77. The molecule has 1 aromatic heterocycles. The second-order valence-electron chi connectivity index (χ2n) is 7.77. The van der Waals surface area contributed by atoms with Crippen LogP contribution >= 0.6 is 0 Å². The molecule has 0 amide bonds. The first kappa shape index (κ1) is 19.2. The van der Waals surface area contributed by atoms with Gasteiger partial charge in [-0.25, -0.2) is 4.98 Å². The predicted octanol–water partition coefficient (Wildman–Crippen LogP) is 2.75. The molecule has 8 heteroatoms. The Bertz CT molecular complexity index is 618. The van der Waals surface area contributed by atoms with Gasteiger partial charge in [-0.15, -0.1) is 0 Å². The summed E-state index contributed by atoms with van der Waals surface area (Å²) < 4.78 is 38.4. The number of aromatic nitrogens is 1. The predicted molar refractivity (Wildman–Crippen MR) is 97.5 cm³/mol. The highest BCUT2D eigenvalue weighted by Gasteiger charge is 2.38. The van der Waals surface area contributed by atoms with Gasteiger partial charge in [-0.05, 0) is 45.7 Å². The molecule has 5 nitrogen and oxygen atoms in total. The highest BCUT2D eigenvalue weighted by molar-refractivity contribution is 5.54. The monoisotopic (exact) mass is 371 g/mol. The van der Waals surface area contributed by atoms with Crippen molar-refractivity contribution in [2.75, 3.05) is 29.9 Å². The van der Waals surface area contributed by atoms with Crippen LogP contribution in [-0.2, 0) is 0 Å². The Balaban J connectivity index is 1.65. The highest BCUT2D eigenvalue weighted by atomic mass is 19.4. The zero-order valence-corrected chi connectivity index (χ0v) is 15.6. The molecule has 1 aliphatic carbocycles. The van der Waals surface area contributed by atoms with Crippen LogP contribution in [0.1, 0.15) is 32.4 Å². The van der Waals surface area contributed by atoms with Crippen molar-refractivity contribution in [1.29, 1.82) is 0 Å². The number of alkyl halides is 3. The lowest BCUT2D eigenvalue weighted by atomic mass is 9.87. The van der Waals surface area contributed by atoms with Crippen molar-refractivity contribution in [3.63, 3.8) is 0 Å². The summed E-state index contributed by atoms with van der Waals surface area (Å²) in [5.41, 5.74) is 7.73. The maximum absolute atomic E-state index is 12.8. The van der Waals surface area contributed by atoms with Gasteiger partial charge in [0.15, 0.2) is 0 Å². The number of nitrogens with one attached hydrogen (secondary N) is 1. The Morgan fingerprint density at radius 2 is 1.81 bits per heavy atom. The number of halogens is 3. The fraction of sp³-hybridized carbons (Fsp3) is 0.722. The van der Waals surface area contributed by atoms with Crippen LogP contribution in [-0.4, -0.2) is 59.9 Å². The maximum Gasteiger partial charge on any atom is 0.401 e. The second kappa shape index (κ2) is 7.23. The Hall–Kier alpha value is -1.54. The van der Waals surface area contributed by atoms with Crippen molar-refractivity contribution in [2.45, 2.75) is 64.0 Å². The molecule has 2 atom stereocenters. The van der Waals surface area contributed by atoms with Gasteiger partial charge in [0.1, 0.15) is 5.82 Å². The lowest BCUT2D eigenvalue weighted by molar-refractivity contribution is -0.156. The number of pyridine rings is 1. The number of hydrogen-bond acceptors (Lipinski definition) is 5. The minimum atomic E-state index is -4.17.